The van der Waals surface area contributed by atoms with Gasteiger partial charge in [0.25, 0.3) is 0 Å². The first-order valence-corrected chi connectivity index (χ1v) is 6.65. The van der Waals surface area contributed by atoms with E-state index in [9.17, 15) is 0 Å². The van der Waals surface area contributed by atoms with Gasteiger partial charge >= 0.3 is 0 Å². The van der Waals surface area contributed by atoms with E-state index in [4.69, 9.17) is 9.78 Å². The molecule has 0 N–H and O–H groups in total. The molecule has 13 heavy (non-hydrogen) atoms. The Hall–Kier alpha value is 0.650. The highest BCUT2D eigenvalue weighted by Crippen LogP contribution is 2.38. The molecule has 1 heterocycles. The molecule has 3 atom stereocenters. The van der Waals surface area contributed by atoms with Gasteiger partial charge in [-0.15, -0.1) is 0 Å². The summed E-state index contributed by atoms with van der Waals surface area (Å²) in [5.41, 5.74) is -0.0374. The lowest BCUT2D eigenvalue weighted by molar-refractivity contribution is -0.368. The van der Waals surface area contributed by atoms with Gasteiger partial charge < -0.3 is 0 Å². The Morgan fingerprint density at radius 2 is 2.31 bits per heavy atom. The lowest BCUT2D eigenvalue weighted by atomic mass is 9.81. The average Bonchev–Trinajstić information content (AvgIpc) is 2.25. The Labute approximate surface area is 93.4 Å². The van der Waals surface area contributed by atoms with Crippen molar-refractivity contribution < 1.29 is 9.78 Å². The predicted molar refractivity (Wildman–Crippen MR) is 59.8 cm³/mol. The Morgan fingerprint density at radius 1 is 1.46 bits per heavy atom. The van der Waals surface area contributed by atoms with Crippen molar-refractivity contribution in [3.63, 3.8) is 0 Å². The van der Waals surface area contributed by atoms with Gasteiger partial charge in [0, 0.05) is 4.43 Å². The van der Waals surface area contributed by atoms with Crippen molar-refractivity contribution in [3.05, 3.63) is 0 Å². The number of halogens is 1. The van der Waals surface area contributed by atoms with E-state index in [1.54, 1.807) is 0 Å². The van der Waals surface area contributed by atoms with Crippen LogP contribution in [0.25, 0.3) is 0 Å². The summed E-state index contributed by atoms with van der Waals surface area (Å²) in [5.74, 6) is 0.834. The van der Waals surface area contributed by atoms with E-state index in [-0.39, 0.29) is 5.60 Å². The number of alkyl halides is 1. The third kappa shape index (κ3) is 2.36. The molecule has 0 amide bonds. The molecule has 0 aromatic carbocycles. The fourth-order valence-corrected chi connectivity index (χ4v) is 2.86. The molecule has 2 nitrogen and oxygen atoms in total. The number of hydrogen-bond acceptors (Lipinski definition) is 2. The molecule has 0 aromatic heterocycles. The van der Waals surface area contributed by atoms with Crippen LogP contribution in [-0.4, -0.2) is 16.1 Å². The van der Waals surface area contributed by atoms with Crippen LogP contribution < -0.4 is 0 Å². The second-order valence-corrected chi connectivity index (χ2v) is 5.38. The Bertz CT molecular complexity index is 186. The molecule has 0 spiro atoms. The third-order valence-corrected chi connectivity index (χ3v) is 4.74. The molecule has 76 valence electrons. The van der Waals surface area contributed by atoms with Crippen molar-refractivity contribution in [2.24, 2.45) is 5.92 Å². The fourth-order valence-electron chi connectivity index (χ4n) is 2.42. The molecular formula is C10H17IO2. The van der Waals surface area contributed by atoms with Gasteiger partial charge in [-0.3, -0.25) is 0 Å². The lowest BCUT2D eigenvalue weighted by Crippen LogP contribution is -2.31. The fraction of sp³-hybridized carbons (Fsp3) is 1.00. The van der Waals surface area contributed by atoms with Crippen LogP contribution in [-0.2, 0) is 9.78 Å². The summed E-state index contributed by atoms with van der Waals surface area (Å²) in [4.78, 5) is 11.0. The third-order valence-electron chi connectivity index (χ3n) is 3.12. The highest BCUT2D eigenvalue weighted by Gasteiger charge is 2.37. The molecule has 1 unspecified atom stereocenters. The van der Waals surface area contributed by atoms with Gasteiger partial charge in [0.05, 0.1) is 6.10 Å². The molecule has 1 saturated heterocycles. The lowest BCUT2D eigenvalue weighted by Gasteiger charge is -2.26. The van der Waals surface area contributed by atoms with Crippen molar-refractivity contribution in [3.8, 4) is 0 Å². The molecule has 2 aliphatic rings. The van der Waals surface area contributed by atoms with Crippen LogP contribution in [0.4, 0.5) is 0 Å². The molecular weight excluding hydrogens is 279 g/mol. The van der Waals surface area contributed by atoms with E-state index in [2.05, 4.69) is 29.5 Å². The number of rotatable bonds is 1. The SMILES string of the molecule is CC1(CI)C[C@@H]2CCC[C@@H](C2)OO1. The van der Waals surface area contributed by atoms with E-state index < -0.39 is 0 Å². The first-order valence-electron chi connectivity index (χ1n) is 5.12. The maximum atomic E-state index is 5.55. The second kappa shape index (κ2) is 4.03. The number of hydrogen-bond donors (Lipinski definition) is 0. The summed E-state index contributed by atoms with van der Waals surface area (Å²) in [5, 5.41) is 0. The van der Waals surface area contributed by atoms with Gasteiger partial charge in [0.1, 0.15) is 5.60 Å². The smallest absolute Gasteiger partial charge is 0.110 e. The van der Waals surface area contributed by atoms with Crippen LogP contribution in [0.15, 0.2) is 0 Å². The first-order chi connectivity index (χ1) is 6.22. The van der Waals surface area contributed by atoms with Crippen LogP contribution in [0, 0.1) is 5.92 Å². The van der Waals surface area contributed by atoms with Gasteiger partial charge in [-0.2, -0.15) is 0 Å². The maximum absolute atomic E-state index is 5.55. The molecule has 1 aliphatic carbocycles. The first kappa shape index (κ1) is 10.2. The summed E-state index contributed by atoms with van der Waals surface area (Å²) in [6, 6.07) is 0. The van der Waals surface area contributed by atoms with Gasteiger partial charge in [-0.1, -0.05) is 35.4 Å². The Morgan fingerprint density at radius 3 is 3.08 bits per heavy atom. The minimum atomic E-state index is -0.0374. The maximum Gasteiger partial charge on any atom is 0.110 e. The molecule has 0 radical (unpaired) electrons. The van der Waals surface area contributed by atoms with E-state index in [0.717, 1.165) is 10.3 Å². The van der Waals surface area contributed by atoms with Crippen molar-refractivity contribution in [2.45, 2.75) is 50.7 Å². The topological polar surface area (TPSA) is 18.5 Å². The average molecular weight is 296 g/mol. The van der Waals surface area contributed by atoms with Gasteiger partial charge in [-0.05, 0) is 32.1 Å². The van der Waals surface area contributed by atoms with Crippen LogP contribution in [0.3, 0.4) is 0 Å². The molecule has 3 heteroatoms. The van der Waals surface area contributed by atoms with Crippen molar-refractivity contribution >= 4 is 22.6 Å². The Kier molecular flexibility index (Phi) is 3.15. The van der Waals surface area contributed by atoms with Crippen LogP contribution in [0.1, 0.15) is 39.0 Å². The summed E-state index contributed by atoms with van der Waals surface area (Å²) in [7, 11) is 0. The van der Waals surface area contributed by atoms with Crippen LogP contribution in [0.2, 0.25) is 0 Å². The van der Waals surface area contributed by atoms with Crippen molar-refractivity contribution in [1.29, 1.82) is 0 Å². The summed E-state index contributed by atoms with van der Waals surface area (Å²) in [6.07, 6.45) is 6.64. The summed E-state index contributed by atoms with van der Waals surface area (Å²) < 4.78 is 1.02. The second-order valence-electron chi connectivity index (χ2n) is 4.62. The quantitative estimate of drug-likeness (QED) is 0.420. The van der Waals surface area contributed by atoms with Crippen molar-refractivity contribution in [1.82, 2.24) is 0 Å². The largest absolute Gasteiger partial charge is 0.233 e. The molecule has 2 bridgehead atoms. The molecule has 1 saturated carbocycles. The van der Waals surface area contributed by atoms with E-state index in [1.807, 2.05) is 0 Å². The van der Waals surface area contributed by atoms with E-state index in [1.165, 1.54) is 32.1 Å². The zero-order valence-corrected chi connectivity index (χ0v) is 10.2. The highest BCUT2D eigenvalue weighted by atomic mass is 127. The molecule has 0 aromatic rings. The standard InChI is InChI=1S/C10H17IO2/c1-10(7-11)6-8-3-2-4-9(5-8)12-13-10/h8-9H,2-7H2,1H3/t8-,9+,10?/m1/s1. The molecule has 1 aliphatic heterocycles. The molecule has 2 rings (SSSR count). The summed E-state index contributed by atoms with van der Waals surface area (Å²) >= 11 is 2.39. The minimum absolute atomic E-state index is 0.0374. The molecule has 2 fully saturated rings. The monoisotopic (exact) mass is 296 g/mol. The van der Waals surface area contributed by atoms with Crippen LogP contribution in [0.5, 0.6) is 0 Å². The van der Waals surface area contributed by atoms with E-state index >= 15 is 0 Å². The Balaban J connectivity index is 2.05. The zero-order chi connectivity index (χ0) is 9.31. The van der Waals surface area contributed by atoms with Gasteiger partial charge in [0.2, 0.25) is 0 Å². The minimum Gasteiger partial charge on any atom is -0.233 e. The number of fused-ring (bicyclic) bond motifs is 2. The van der Waals surface area contributed by atoms with Crippen molar-refractivity contribution in [2.75, 3.05) is 4.43 Å². The van der Waals surface area contributed by atoms with Crippen LogP contribution >= 0.6 is 22.6 Å². The zero-order valence-electron chi connectivity index (χ0n) is 8.09. The predicted octanol–water partition coefficient (Wildman–Crippen LogP) is 3.09. The summed E-state index contributed by atoms with van der Waals surface area (Å²) in [6.45, 7) is 2.17. The van der Waals surface area contributed by atoms with E-state index in [0.29, 0.717) is 6.10 Å². The van der Waals surface area contributed by atoms with Gasteiger partial charge in [0.15, 0.2) is 0 Å². The highest BCUT2D eigenvalue weighted by molar-refractivity contribution is 14.1. The van der Waals surface area contributed by atoms with Gasteiger partial charge in [-0.25, -0.2) is 9.78 Å². The normalized spacial score (nSPS) is 45.7.